The summed E-state index contributed by atoms with van der Waals surface area (Å²) in [6, 6.07) is 13.1. The number of aromatic nitrogens is 2. The van der Waals surface area contributed by atoms with Crippen molar-refractivity contribution in [3.63, 3.8) is 0 Å². The SMILES string of the molecule is COc1nc(C=Cc2ccc(N(C)C)c(O)c2)cc(C=Cc2ccc(N(C)C)c(O)c2)n1. The molecular weight excluding hydrogens is 404 g/mol. The molecule has 1 heterocycles. The maximum atomic E-state index is 10.2. The van der Waals surface area contributed by atoms with Crippen LogP contribution in [0.1, 0.15) is 22.5 Å². The van der Waals surface area contributed by atoms with Crippen LogP contribution in [0, 0.1) is 0 Å². The van der Waals surface area contributed by atoms with Crippen LogP contribution in [0.4, 0.5) is 11.4 Å². The van der Waals surface area contributed by atoms with Gasteiger partial charge in [0.15, 0.2) is 0 Å². The number of phenolic OH excluding ortho intramolecular Hbond substituents is 2. The fraction of sp³-hybridized carbons (Fsp3) is 0.200. The molecule has 0 amide bonds. The minimum atomic E-state index is 0.213. The van der Waals surface area contributed by atoms with E-state index in [2.05, 4.69) is 9.97 Å². The van der Waals surface area contributed by atoms with Crippen molar-refractivity contribution in [2.75, 3.05) is 45.1 Å². The first kappa shape index (κ1) is 22.7. The predicted octanol–water partition coefficient (Wildman–Crippen LogP) is 4.37. The van der Waals surface area contributed by atoms with Gasteiger partial charge in [0.05, 0.1) is 29.9 Å². The number of aromatic hydroxyl groups is 2. The van der Waals surface area contributed by atoms with Gasteiger partial charge < -0.3 is 24.7 Å². The molecule has 0 saturated heterocycles. The predicted molar refractivity (Wildman–Crippen MR) is 131 cm³/mol. The van der Waals surface area contributed by atoms with Gasteiger partial charge in [-0.2, -0.15) is 9.97 Å². The number of methoxy groups -OCH3 is 1. The highest BCUT2D eigenvalue weighted by molar-refractivity contribution is 5.75. The lowest BCUT2D eigenvalue weighted by molar-refractivity contribution is 0.379. The molecule has 0 saturated carbocycles. The van der Waals surface area contributed by atoms with Crippen molar-refractivity contribution in [3.8, 4) is 17.5 Å². The Morgan fingerprint density at radius 1 is 0.688 bits per heavy atom. The Balaban J connectivity index is 1.84. The van der Waals surface area contributed by atoms with Gasteiger partial charge in [0, 0.05) is 28.2 Å². The van der Waals surface area contributed by atoms with Crippen molar-refractivity contribution in [2.24, 2.45) is 0 Å². The fourth-order valence-electron chi connectivity index (χ4n) is 3.13. The van der Waals surface area contributed by atoms with Gasteiger partial charge in [-0.3, -0.25) is 0 Å². The topological polar surface area (TPSA) is 82.0 Å². The second kappa shape index (κ2) is 9.87. The minimum absolute atomic E-state index is 0.213. The van der Waals surface area contributed by atoms with Gasteiger partial charge in [0.25, 0.3) is 0 Å². The van der Waals surface area contributed by atoms with E-state index in [4.69, 9.17) is 4.74 Å². The number of nitrogens with zero attached hydrogens (tertiary/aromatic N) is 4. The molecule has 2 aromatic carbocycles. The maximum Gasteiger partial charge on any atom is 0.317 e. The number of anilines is 2. The van der Waals surface area contributed by atoms with Crippen LogP contribution in [0.25, 0.3) is 24.3 Å². The average Bonchev–Trinajstić information content (AvgIpc) is 2.75. The van der Waals surface area contributed by atoms with Crippen LogP contribution in [0.15, 0.2) is 42.5 Å². The van der Waals surface area contributed by atoms with E-state index in [1.54, 1.807) is 12.1 Å². The normalized spacial score (nSPS) is 11.3. The number of hydrogen-bond donors (Lipinski definition) is 2. The number of benzene rings is 2. The Morgan fingerprint density at radius 2 is 1.12 bits per heavy atom. The summed E-state index contributed by atoms with van der Waals surface area (Å²) >= 11 is 0. The van der Waals surface area contributed by atoms with Crippen molar-refractivity contribution in [3.05, 3.63) is 65.0 Å². The summed E-state index contributed by atoms with van der Waals surface area (Å²) in [4.78, 5) is 12.4. The van der Waals surface area contributed by atoms with Crippen LogP contribution in [-0.2, 0) is 0 Å². The second-order valence-corrected chi connectivity index (χ2v) is 7.66. The average molecular weight is 433 g/mol. The molecular formula is C25H28N4O3. The molecule has 3 aromatic rings. The molecule has 0 aliphatic carbocycles. The molecule has 0 spiro atoms. The largest absolute Gasteiger partial charge is 0.506 e. The van der Waals surface area contributed by atoms with Crippen LogP contribution in [0.2, 0.25) is 0 Å². The Hall–Kier alpha value is -4.00. The quantitative estimate of drug-likeness (QED) is 0.574. The van der Waals surface area contributed by atoms with Gasteiger partial charge >= 0.3 is 6.01 Å². The Bertz CT molecular complexity index is 1070. The molecule has 0 bridgehead atoms. The molecule has 3 rings (SSSR count). The summed E-state index contributed by atoms with van der Waals surface area (Å²) < 4.78 is 5.24. The third-order valence-corrected chi connectivity index (χ3v) is 4.78. The van der Waals surface area contributed by atoms with Crippen LogP contribution < -0.4 is 14.5 Å². The molecule has 2 N–H and O–H groups in total. The smallest absolute Gasteiger partial charge is 0.317 e. The lowest BCUT2D eigenvalue weighted by Gasteiger charge is -2.14. The maximum absolute atomic E-state index is 10.2. The first-order valence-electron chi connectivity index (χ1n) is 10.1. The van der Waals surface area contributed by atoms with Gasteiger partial charge in [0.2, 0.25) is 0 Å². The molecule has 32 heavy (non-hydrogen) atoms. The number of rotatable bonds is 7. The molecule has 7 nitrogen and oxygen atoms in total. The zero-order valence-corrected chi connectivity index (χ0v) is 18.9. The molecule has 0 aliphatic rings. The molecule has 0 unspecified atom stereocenters. The molecule has 0 aliphatic heterocycles. The highest BCUT2D eigenvalue weighted by atomic mass is 16.5. The summed E-state index contributed by atoms with van der Waals surface area (Å²) in [6.07, 6.45) is 7.41. The van der Waals surface area contributed by atoms with E-state index in [1.165, 1.54) is 7.11 Å². The molecule has 0 fully saturated rings. The number of phenols is 2. The van der Waals surface area contributed by atoms with E-state index in [0.29, 0.717) is 11.4 Å². The summed E-state index contributed by atoms with van der Waals surface area (Å²) in [5.41, 5.74) is 4.53. The Labute approximate surface area is 188 Å². The van der Waals surface area contributed by atoms with E-state index in [9.17, 15) is 10.2 Å². The van der Waals surface area contributed by atoms with Gasteiger partial charge in [0.1, 0.15) is 11.5 Å². The lowest BCUT2D eigenvalue weighted by atomic mass is 10.1. The molecule has 0 radical (unpaired) electrons. The first-order chi connectivity index (χ1) is 15.3. The summed E-state index contributed by atoms with van der Waals surface area (Å²) in [7, 11) is 9.04. The Kier molecular flexibility index (Phi) is 7.00. The van der Waals surface area contributed by atoms with Gasteiger partial charge in [-0.25, -0.2) is 0 Å². The highest BCUT2D eigenvalue weighted by Crippen LogP contribution is 2.28. The van der Waals surface area contributed by atoms with E-state index >= 15 is 0 Å². The Morgan fingerprint density at radius 3 is 1.47 bits per heavy atom. The molecule has 1 aromatic heterocycles. The second-order valence-electron chi connectivity index (χ2n) is 7.66. The van der Waals surface area contributed by atoms with Crippen LogP contribution in [0.3, 0.4) is 0 Å². The third-order valence-electron chi connectivity index (χ3n) is 4.78. The summed E-state index contributed by atoms with van der Waals surface area (Å²) in [6.45, 7) is 0. The van der Waals surface area contributed by atoms with Crippen molar-refractivity contribution < 1.29 is 14.9 Å². The van der Waals surface area contributed by atoms with E-state index in [0.717, 1.165) is 22.5 Å². The standard InChI is InChI=1S/C25H28N4O3/c1-28(2)21-12-8-17(14-23(21)30)6-10-19-16-20(27-25(26-19)32-5)11-7-18-9-13-22(29(3)4)24(31)15-18/h6-16,30-31H,1-5H3. The molecule has 166 valence electrons. The van der Waals surface area contributed by atoms with E-state index in [1.807, 2.05) is 92.6 Å². The van der Waals surface area contributed by atoms with Gasteiger partial charge in [-0.05, 0) is 53.6 Å². The zero-order chi connectivity index (χ0) is 23.3. The third kappa shape index (κ3) is 5.57. The van der Waals surface area contributed by atoms with Crippen LogP contribution in [-0.4, -0.2) is 55.5 Å². The highest BCUT2D eigenvalue weighted by Gasteiger charge is 2.05. The van der Waals surface area contributed by atoms with Crippen LogP contribution >= 0.6 is 0 Å². The first-order valence-corrected chi connectivity index (χ1v) is 10.1. The minimum Gasteiger partial charge on any atom is -0.506 e. The van der Waals surface area contributed by atoms with Gasteiger partial charge in [-0.1, -0.05) is 24.3 Å². The van der Waals surface area contributed by atoms with Crippen LogP contribution in [0.5, 0.6) is 17.5 Å². The number of ether oxygens (including phenoxy) is 1. The number of hydrogen-bond acceptors (Lipinski definition) is 7. The van der Waals surface area contributed by atoms with Crippen molar-refractivity contribution in [2.45, 2.75) is 0 Å². The van der Waals surface area contributed by atoms with E-state index in [-0.39, 0.29) is 17.5 Å². The summed E-state index contributed by atoms with van der Waals surface area (Å²) in [5.74, 6) is 0.425. The molecule has 0 atom stereocenters. The monoisotopic (exact) mass is 432 g/mol. The fourth-order valence-corrected chi connectivity index (χ4v) is 3.13. The molecule has 7 heteroatoms. The van der Waals surface area contributed by atoms with Crippen molar-refractivity contribution in [1.29, 1.82) is 0 Å². The zero-order valence-electron chi connectivity index (χ0n) is 18.9. The van der Waals surface area contributed by atoms with Crippen molar-refractivity contribution >= 4 is 35.7 Å². The van der Waals surface area contributed by atoms with Gasteiger partial charge in [-0.15, -0.1) is 0 Å². The van der Waals surface area contributed by atoms with E-state index < -0.39 is 0 Å². The van der Waals surface area contributed by atoms with Crippen molar-refractivity contribution in [1.82, 2.24) is 9.97 Å². The summed E-state index contributed by atoms with van der Waals surface area (Å²) in [5, 5.41) is 20.4. The lowest BCUT2D eigenvalue weighted by Crippen LogP contribution is -2.08.